The van der Waals surface area contributed by atoms with E-state index in [1.807, 2.05) is 19.1 Å². The highest BCUT2D eigenvalue weighted by Gasteiger charge is 2.08. The van der Waals surface area contributed by atoms with Gasteiger partial charge in [0.05, 0.1) is 15.2 Å². The molecule has 0 aliphatic carbocycles. The van der Waals surface area contributed by atoms with Crippen molar-refractivity contribution in [1.82, 2.24) is 5.32 Å². The maximum absolute atomic E-state index is 11.8. The average molecular weight is 354 g/mol. The van der Waals surface area contributed by atoms with Crippen LogP contribution >= 0.6 is 27.3 Å². The molecule has 4 nitrogen and oxygen atoms in total. The number of anilines is 2. The molecule has 2 rings (SSSR count). The fourth-order valence-electron chi connectivity index (χ4n) is 1.74. The number of hydrogen-bond acceptors (Lipinski definition) is 4. The van der Waals surface area contributed by atoms with Gasteiger partial charge in [0.1, 0.15) is 0 Å². The lowest BCUT2D eigenvalue weighted by Crippen LogP contribution is -2.22. The summed E-state index contributed by atoms with van der Waals surface area (Å²) in [5.41, 5.74) is 7.95. The fraction of sp³-hybridized carbons (Fsp3) is 0.214. The van der Waals surface area contributed by atoms with Crippen molar-refractivity contribution in [2.45, 2.75) is 13.5 Å². The molecule has 6 heteroatoms. The van der Waals surface area contributed by atoms with E-state index in [0.29, 0.717) is 24.3 Å². The molecular formula is C14H16BrN3OS. The van der Waals surface area contributed by atoms with Gasteiger partial charge >= 0.3 is 0 Å². The number of halogens is 1. The summed E-state index contributed by atoms with van der Waals surface area (Å²) < 4.78 is 1.10. The summed E-state index contributed by atoms with van der Waals surface area (Å²) in [7, 11) is 0. The molecule has 106 valence electrons. The second-order valence-corrected chi connectivity index (χ2v) is 6.77. The number of amides is 1. The third-order valence-electron chi connectivity index (χ3n) is 2.73. The number of benzene rings is 1. The van der Waals surface area contributed by atoms with Gasteiger partial charge in [0.15, 0.2) is 0 Å². The Hall–Kier alpha value is -1.53. The van der Waals surface area contributed by atoms with E-state index in [0.717, 1.165) is 9.47 Å². The molecule has 1 aromatic carbocycles. The molecule has 0 radical (unpaired) electrons. The lowest BCUT2D eigenvalue weighted by atomic mass is 10.1. The molecule has 0 saturated carbocycles. The molecule has 2 aromatic rings. The van der Waals surface area contributed by atoms with Gasteiger partial charge in [-0.05, 0) is 53.2 Å². The van der Waals surface area contributed by atoms with Crippen LogP contribution in [0.1, 0.15) is 22.2 Å². The third kappa shape index (κ3) is 3.74. The second-order valence-electron chi connectivity index (χ2n) is 4.22. The van der Waals surface area contributed by atoms with E-state index < -0.39 is 0 Å². The Kier molecular flexibility index (Phi) is 5.03. The van der Waals surface area contributed by atoms with Crippen molar-refractivity contribution in [3.8, 4) is 0 Å². The van der Waals surface area contributed by atoms with E-state index in [4.69, 9.17) is 5.73 Å². The number of carbonyl (C=O) groups is 1. The Labute approximate surface area is 130 Å². The van der Waals surface area contributed by atoms with Gasteiger partial charge in [-0.3, -0.25) is 4.79 Å². The summed E-state index contributed by atoms with van der Waals surface area (Å²) in [5.74, 6) is -0.0885. The predicted octanol–water partition coefficient (Wildman–Crippen LogP) is 3.45. The van der Waals surface area contributed by atoms with E-state index in [1.165, 1.54) is 4.88 Å². The first-order valence-corrected chi connectivity index (χ1v) is 7.87. The monoisotopic (exact) mass is 353 g/mol. The number of thiophene rings is 1. The first-order valence-electron chi connectivity index (χ1n) is 6.26. The van der Waals surface area contributed by atoms with Crippen LogP contribution in [0.25, 0.3) is 0 Å². The SMILES string of the molecule is CCNC(=O)c1ccc(N)c(NCc2ccc(Br)s2)c1. The summed E-state index contributed by atoms with van der Waals surface area (Å²) in [5, 5.41) is 6.04. The van der Waals surface area contributed by atoms with E-state index in [2.05, 4.69) is 26.6 Å². The lowest BCUT2D eigenvalue weighted by Gasteiger charge is -2.10. The second kappa shape index (κ2) is 6.76. The first kappa shape index (κ1) is 14.9. The lowest BCUT2D eigenvalue weighted by molar-refractivity contribution is 0.0956. The fourth-order valence-corrected chi connectivity index (χ4v) is 3.17. The average Bonchev–Trinajstić information content (AvgIpc) is 2.84. The molecule has 0 fully saturated rings. The minimum absolute atomic E-state index is 0.0885. The van der Waals surface area contributed by atoms with Crippen molar-refractivity contribution in [2.75, 3.05) is 17.6 Å². The van der Waals surface area contributed by atoms with Gasteiger partial charge in [0.25, 0.3) is 5.91 Å². The molecule has 0 saturated heterocycles. The molecule has 0 spiro atoms. The maximum atomic E-state index is 11.8. The van der Waals surface area contributed by atoms with Gasteiger partial charge in [0.2, 0.25) is 0 Å². The zero-order chi connectivity index (χ0) is 14.5. The van der Waals surface area contributed by atoms with Crippen LogP contribution in [-0.4, -0.2) is 12.5 Å². The number of rotatable bonds is 5. The van der Waals surface area contributed by atoms with Crippen LogP contribution in [0.3, 0.4) is 0 Å². The van der Waals surface area contributed by atoms with E-state index >= 15 is 0 Å². The zero-order valence-corrected chi connectivity index (χ0v) is 13.5. The van der Waals surface area contributed by atoms with Gasteiger partial charge in [-0.25, -0.2) is 0 Å². The van der Waals surface area contributed by atoms with Gasteiger partial charge < -0.3 is 16.4 Å². The molecule has 1 aromatic heterocycles. The van der Waals surface area contributed by atoms with Crippen LogP contribution < -0.4 is 16.4 Å². The van der Waals surface area contributed by atoms with Crippen LogP contribution in [0, 0.1) is 0 Å². The third-order valence-corrected chi connectivity index (χ3v) is 4.36. The van der Waals surface area contributed by atoms with Crippen molar-refractivity contribution >= 4 is 44.5 Å². The molecule has 20 heavy (non-hydrogen) atoms. The standard InChI is InChI=1S/C14H16BrN3OS/c1-2-17-14(19)9-3-5-11(16)12(7-9)18-8-10-4-6-13(15)20-10/h3-7,18H,2,8,16H2,1H3,(H,17,19). The minimum atomic E-state index is -0.0885. The van der Waals surface area contributed by atoms with Gasteiger partial charge in [-0.1, -0.05) is 0 Å². The van der Waals surface area contributed by atoms with Crippen molar-refractivity contribution in [3.05, 3.63) is 44.6 Å². The zero-order valence-electron chi connectivity index (χ0n) is 11.1. The van der Waals surface area contributed by atoms with Crippen LogP contribution in [-0.2, 0) is 6.54 Å². The van der Waals surface area contributed by atoms with Crippen LogP contribution in [0.2, 0.25) is 0 Å². The predicted molar refractivity (Wildman–Crippen MR) is 88.2 cm³/mol. The minimum Gasteiger partial charge on any atom is -0.397 e. The van der Waals surface area contributed by atoms with E-state index in [1.54, 1.807) is 29.5 Å². The highest BCUT2D eigenvalue weighted by Crippen LogP contribution is 2.25. The van der Waals surface area contributed by atoms with Crippen LogP contribution in [0.15, 0.2) is 34.1 Å². The van der Waals surface area contributed by atoms with Gasteiger partial charge in [-0.15, -0.1) is 11.3 Å². The molecule has 4 N–H and O–H groups in total. The summed E-state index contributed by atoms with van der Waals surface area (Å²) in [6.07, 6.45) is 0. The van der Waals surface area contributed by atoms with Crippen LogP contribution in [0.5, 0.6) is 0 Å². The Morgan fingerprint density at radius 3 is 2.80 bits per heavy atom. The largest absolute Gasteiger partial charge is 0.397 e. The Bertz CT molecular complexity index is 612. The summed E-state index contributed by atoms with van der Waals surface area (Å²) in [6, 6.07) is 9.31. The number of hydrogen-bond donors (Lipinski definition) is 3. The molecule has 0 aliphatic rings. The quantitative estimate of drug-likeness (QED) is 0.721. The van der Waals surface area contributed by atoms with Crippen molar-refractivity contribution in [3.63, 3.8) is 0 Å². The molecule has 1 heterocycles. The van der Waals surface area contributed by atoms with Crippen molar-refractivity contribution in [1.29, 1.82) is 0 Å². The van der Waals surface area contributed by atoms with E-state index in [9.17, 15) is 4.79 Å². The Balaban J connectivity index is 2.10. The van der Waals surface area contributed by atoms with E-state index in [-0.39, 0.29) is 5.91 Å². The number of nitrogen functional groups attached to an aromatic ring is 1. The molecule has 1 amide bonds. The molecule has 0 aliphatic heterocycles. The van der Waals surface area contributed by atoms with Gasteiger partial charge in [-0.2, -0.15) is 0 Å². The molecule has 0 unspecified atom stereocenters. The van der Waals surface area contributed by atoms with Crippen LogP contribution in [0.4, 0.5) is 11.4 Å². The highest BCUT2D eigenvalue weighted by atomic mass is 79.9. The summed E-state index contributed by atoms with van der Waals surface area (Å²) in [4.78, 5) is 13.0. The highest BCUT2D eigenvalue weighted by molar-refractivity contribution is 9.11. The Morgan fingerprint density at radius 2 is 2.15 bits per heavy atom. The van der Waals surface area contributed by atoms with Gasteiger partial charge in [0, 0.05) is 23.5 Å². The Morgan fingerprint density at radius 1 is 1.35 bits per heavy atom. The summed E-state index contributed by atoms with van der Waals surface area (Å²) in [6.45, 7) is 3.18. The number of nitrogens with two attached hydrogens (primary N) is 1. The normalized spacial score (nSPS) is 10.3. The molecular weight excluding hydrogens is 338 g/mol. The number of nitrogens with one attached hydrogen (secondary N) is 2. The summed E-state index contributed by atoms with van der Waals surface area (Å²) >= 11 is 5.10. The topological polar surface area (TPSA) is 67.2 Å². The molecule has 0 bridgehead atoms. The smallest absolute Gasteiger partial charge is 0.251 e. The molecule has 0 atom stereocenters. The first-order chi connectivity index (χ1) is 9.60. The van der Waals surface area contributed by atoms with Crippen molar-refractivity contribution < 1.29 is 4.79 Å². The number of carbonyl (C=O) groups excluding carboxylic acids is 1. The van der Waals surface area contributed by atoms with Crippen molar-refractivity contribution in [2.24, 2.45) is 0 Å². The maximum Gasteiger partial charge on any atom is 0.251 e.